The van der Waals surface area contributed by atoms with Gasteiger partial charge >= 0.3 is 29.6 Å². The van der Waals surface area contributed by atoms with E-state index in [4.69, 9.17) is 9.79 Å². The van der Waals surface area contributed by atoms with Crippen LogP contribution < -0.4 is 29.6 Å². The predicted octanol–water partition coefficient (Wildman–Crippen LogP) is 0.220. The molecule has 2 aromatic carbocycles. The molecule has 5 heteroatoms. The van der Waals surface area contributed by atoms with Crippen molar-refractivity contribution in [3.63, 3.8) is 0 Å². The van der Waals surface area contributed by atoms with E-state index in [0.29, 0.717) is 5.56 Å². The summed E-state index contributed by atoms with van der Waals surface area (Å²) in [7, 11) is -0.917. The third-order valence-electron chi connectivity index (χ3n) is 3.14. The summed E-state index contributed by atoms with van der Waals surface area (Å²) in [5.74, 6) is 0. The van der Waals surface area contributed by atoms with Crippen molar-refractivity contribution in [3.05, 3.63) is 58.7 Å². The van der Waals surface area contributed by atoms with Crippen LogP contribution in [0.5, 0.6) is 0 Å². The maximum atomic E-state index is 11.0. The van der Waals surface area contributed by atoms with Crippen LogP contribution in [0.3, 0.4) is 0 Å². The largest absolute Gasteiger partial charge is 1.00 e. The van der Waals surface area contributed by atoms with Gasteiger partial charge in [0.05, 0.1) is 6.29 Å². The average Bonchev–Trinajstić information content (AvgIpc) is 2.40. The van der Waals surface area contributed by atoms with Gasteiger partial charge in [0.25, 0.3) is 0 Å². The molecule has 0 aromatic heterocycles. The fourth-order valence-electron chi connectivity index (χ4n) is 2.39. The molecule has 0 amide bonds. The van der Waals surface area contributed by atoms with Gasteiger partial charge in [0.15, 0.2) is 0 Å². The van der Waals surface area contributed by atoms with Gasteiger partial charge in [-0.3, -0.25) is 0 Å². The molecule has 0 aliphatic rings. The molecule has 3 nitrogen and oxygen atoms in total. The van der Waals surface area contributed by atoms with Crippen LogP contribution in [0.1, 0.15) is 22.3 Å². The maximum absolute atomic E-state index is 11.0. The van der Waals surface area contributed by atoms with E-state index in [1.165, 1.54) is 5.56 Å². The first kappa shape index (κ1) is 20.5. The van der Waals surface area contributed by atoms with E-state index in [-0.39, 0.29) is 29.6 Å². The first-order valence-corrected chi connectivity index (χ1v) is 7.03. The number of hydrogen-bond donors (Lipinski definition) is 2. The molecule has 2 rings (SSSR count). The van der Waals surface area contributed by atoms with Crippen molar-refractivity contribution in [3.8, 4) is 11.1 Å². The summed E-state index contributed by atoms with van der Waals surface area (Å²) in [4.78, 5) is 25.3. The van der Waals surface area contributed by atoms with E-state index < -0.39 is 9.03 Å². The van der Waals surface area contributed by atoms with E-state index in [9.17, 15) is 4.79 Å². The van der Waals surface area contributed by atoms with Crippen molar-refractivity contribution in [1.29, 1.82) is 0 Å². The number of rotatable bonds is 2. The third kappa shape index (κ3) is 5.30. The standard InChI is InChI=1S/C16H15O.Na.H3O2P/c1-11-9-12(2)16(13(3)15(11)10-17)14-7-5-4-6-8-14;;1-3-2/h4-9H,1-3H3;;1-3H/q-1;+1;. The number of carbonyl (C=O) groups excluding carboxylic acids is 1. The zero-order valence-electron chi connectivity index (χ0n) is 12.8. The second-order valence-electron chi connectivity index (χ2n) is 4.45. The maximum Gasteiger partial charge on any atom is 1.00 e. The van der Waals surface area contributed by atoms with Gasteiger partial charge in [0.2, 0.25) is 0 Å². The monoisotopic (exact) mass is 312 g/mol. The molecule has 2 N–H and O–H groups in total. The summed E-state index contributed by atoms with van der Waals surface area (Å²) in [6.45, 7) is 6.02. The van der Waals surface area contributed by atoms with Crippen LogP contribution in [0.15, 0.2) is 36.4 Å². The van der Waals surface area contributed by atoms with Crippen molar-refractivity contribution < 1.29 is 44.1 Å². The van der Waals surface area contributed by atoms with Crippen LogP contribution in [0.25, 0.3) is 11.1 Å². The molecule has 0 saturated heterocycles. The Bertz CT molecular complexity index is 586. The van der Waals surface area contributed by atoms with Crippen LogP contribution in [-0.4, -0.2) is 16.1 Å². The molecule has 0 fully saturated rings. The van der Waals surface area contributed by atoms with Crippen molar-refractivity contribution in [2.75, 3.05) is 0 Å². The van der Waals surface area contributed by atoms with E-state index in [1.54, 1.807) is 0 Å². The molecule has 0 aliphatic heterocycles. The van der Waals surface area contributed by atoms with Gasteiger partial charge in [-0.1, -0.05) is 55.3 Å². The van der Waals surface area contributed by atoms with Gasteiger partial charge in [-0.25, -0.2) is 0 Å². The Labute approximate surface area is 149 Å². The zero-order valence-corrected chi connectivity index (χ0v) is 15.8. The summed E-state index contributed by atoms with van der Waals surface area (Å²) in [6, 6.07) is 12.2. The molecular weight excluding hydrogens is 294 g/mol. The first-order valence-electron chi connectivity index (χ1n) is 6.14. The zero-order chi connectivity index (χ0) is 15.1. The Morgan fingerprint density at radius 1 is 1.00 bits per heavy atom. The molecular formula is C16H18NaO3P. The summed E-state index contributed by atoms with van der Waals surface area (Å²) in [5, 5.41) is 0. The Balaban J connectivity index is 0.000000922. The van der Waals surface area contributed by atoms with Crippen molar-refractivity contribution in [2.24, 2.45) is 0 Å². The van der Waals surface area contributed by atoms with Crippen molar-refractivity contribution >= 4 is 15.3 Å². The minimum Gasteiger partial charge on any atom is -0.376 e. The second-order valence-corrected chi connectivity index (χ2v) is 4.65. The quantitative estimate of drug-likeness (QED) is 0.474. The fourth-order valence-corrected chi connectivity index (χ4v) is 2.39. The van der Waals surface area contributed by atoms with Crippen molar-refractivity contribution in [2.45, 2.75) is 20.8 Å². The Hall–Kier alpha value is -0.540. The SMILES string of the molecule is Cc1cc(C)c(-c2ccccc2)c(C)c1[C-]=O.OPO.[Na+]. The van der Waals surface area contributed by atoms with Crippen LogP contribution in [0.2, 0.25) is 0 Å². The molecule has 2 aromatic rings. The fraction of sp³-hybridized carbons (Fsp3) is 0.188. The Morgan fingerprint density at radius 3 is 2.00 bits per heavy atom. The van der Waals surface area contributed by atoms with Gasteiger partial charge < -0.3 is 14.6 Å². The van der Waals surface area contributed by atoms with Crippen LogP contribution in [0, 0.1) is 20.8 Å². The molecule has 106 valence electrons. The molecule has 0 unspecified atom stereocenters. The Morgan fingerprint density at radius 2 is 1.52 bits per heavy atom. The van der Waals surface area contributed by atoms with Gasteiger partial charge in [0.1, 0.15) is 9.03 Å². The topological polar surface area (TPSA) is 57.5 Å². The minimum atomic E-state index is -0.917. The summed E-state index contributed by atoms with van der Waals surface area (Å²) in [6.07, 6.45) is 2.05. The van der Waals surface area contributed by atoms with Gasteiger partial charge in [0, 0.05) is 0 Å². The molecule has 0 heterocycles. The summed E-state index contributed by atoms with van der Waals surface area (Å²) < 4.78 is 0. The molecule has 0 radical (unpaired) electrons. The summed E-state index contributed by atoms with van der Waals surface area (Å²) >= 11 is 0. The second kappa shape index (κ2) is 10.2. The van der Waals surface area contributed by atoms with E-state index >= 15 is 0 Å². The molecule has 0 spiro atoms. The average molecular weight is 312 g/mol. The molecule has 21 heavy (non-hydrogen) atoms. The van der Waals surface area contributed by atoms with E-state index in [2.05, 4.69) is 31.4 Å². The number of aryl methyl sites for hydroxylation is 2. The van der Waals surface area contributed by atoms with Gasteiger partial charge in [-0.2, -0.15) is 0 Å². The number of benzene rings is 2. The van der Waals surface area contributed by atoms with Gasteiger partial charge in [-0.15, -0.1) is 22.8 Å². The molecule has 0 atom stereocenters. The van der Waals surface area contributed by atoms with Crippen LogP contribution in [0.4, 0.5) is 0 Å². The summed E-state index contributed by atoms with van der Waals surface area (Å²) in [5.41, 5.74) is 6.20. The molecule has 0 saturated carbocycles. The first-order chi connectivity index (χ1) is 9.56. The molecule has 0 aliphatic carbocycles. The third-order valence-corrected chi connectivity index (χ3v) is 3.14. The number of hydrogen-bond acceptors (Lipinski definition) is 3. The Kier molecular flexibility index (Phi) is 9.97. The van der Waals surface area contributed by atoms with Gasteiger partial charge in [-0.05, 0) is 12.5 Å². The van der Waals surface area contributed by atoms with E-state index in [0.717, 1.165) is 22.3 Å². The smallest absolute Gasteiger partial charge is 0.376 e. The van der Waals surface area contributed by atoms with Crippen LogP contribution in [-0.2, 0) is 4.79 Å². The van der Waals surface area contributed by atoms with Crippen LogP contribution >= 0.6 is 9.03 Å². The predicted molar refractivity (Wildman–Crippen MR) is 83.6 cm³/mol. The normalized spacial score (nSPS) is 9.19. The minimum absolute atomic E-state index is 0. The van der Waals surface area contributed by atoms with E-state index in [1.807, 2.05) is 32.0 Å². The van der Waals surface area contributed by atoms with Crippen molar-refractivity contribution in [1.82, 2.24) is 0 Å². The molecule has 0 bridgehead atoms.